The summed E-state index contributed by atoms with van der Waals surface area (Å²) in [5.41, 5.74) is 0. The number of hydrogen-bond acceptors (Lipinski definition) is 3. The minimum atomic E-state index is 0.410. The standard InChI is InChI=1S/C15H7Cl3OS2/c16-8-4-5-13-9(6-8)12(7-14(20)21-13)19-15-10(17)2-1-3-11(15)18/h1-7H. The first-order valence-electron chi connectivity index (χ1n) is 5.90. The van der Waals surface area contributed by atoms with E-state index in [-0.39, 0.29) is 0 Å². The Bertz CT molecular complexity index is 869. The van der Waals surface area contributed by atoms with E-state index in [1.807, 2.05) is 18.2 Å². The predicted octanol–water partition coefficient (Wildman–Crippen LogP) is 7.38. The lowest BCUT2D eigenvalue weighted by atomic mass is 10.2. The molecule has 3 aromatic rings. The second-order valence-electron chi connectivity index (χ2n) is 4.22. The normalized spacial score (nSPS) is 10.8. The first-order valence-corrected chi connectivity index (χ1v) is 8.26. The van der Waals surface area contributed by atoms with Gasteiger partial charge in [0.25, 0.3) is 0 Å². The number of benzene rings is 2. The van der Waals surface area contributed by atoms with Crippen LogP contribution in [-0.4, -0.2) is 0 Å². The van der Waals surface area contributed by atoms with Crippen LogP contribution in [0.2, 0.25) is 15.1 Å². The first-order chi connectivity index (χ1) is 10.0. The van der Waals surface area contributed by atoms with E-state index in [0.717, 1.165) is 10.1 Å². The Labute approximate surface area is 145 Å². The lowest BCUT2D eigenvalue weighted by Crippen LogP contribution is -1.88. The topological polar surface area (TPSA) is 9.23 Å². The van der Waals surface area contributed by atoms with Gasteiger partial charge < -0.3 is 4.74 Å². The van der Waals surface area contributed by atoms with E-state index in [0.29, 0.717) is 30.4 Å². The summed E-state index contributed by atoms with van der Waals surface area (Å²) in [6.45, 7) is 0. The largest absolute Gasteiger partial charge is 0.453 e. The van der Waals surface area contributed by atoms with Crippen molar-refractivity contribution < 1.29 is 4.74 Å². The van der Waals surface area contributed by atoms with Crippen molar-refractivity contribution in [2.45, 2.75) is 0 Å². The van der Waals surface area contributed by atoms with Crippen LogP contribution in [0.5, 0.6) is 11.5 Å². The van der Waals surface area contributed by atoms with Crippen molar-refractivity contribution in [3.05, 3.63) is 61.4 Å². The third kappa shape index (κ3) is 3.17. The Hall–Kier alpha value is -0.840. The number of ether oxygens (including phenoxy) is 1. The van der Waals surface area contributed by atoms with E-state index in [9.17, 15) is 0 Å². The molecule has 0 aliphatic carbocycles. The first kappa shape index (κ1) is 15.1. The van der Waals surface area contributed by atoms with Crippen LogP contribution in [0.1, 0.15) is 0 Å². The summed E-state index contributed by atoms with van der Waals surface area (Å²) in [5, 5.41) is 2.38. The molecule has 0 N–H and O–H groups in total. The van der Waals surface area contributed by atoms with Crippen LogP contribution in [0.15, 0.2) is 42.5 Å². The molecular weight excluding hydrogens is 367 g/mol. The molecule has 0 spiro atoms. The van der Waals surface area contributed by atoms with Crippen LogP contribution in [0, 0.1) is 3.82 Å². The molecule has 0 aliphatic rings. The van der Waals surface area contributed by atoms with Crippen molar-refractivity contribution in [2.24, 2.45) is 0 Å². The van der Waals surface area contributed by atoms with Crippen molar-refractivity contribution in [1.82, 2.24) is 0 Å². The Balaban J connectivity index is 2.20. The van der Waals surface area contributed by atoms with Gasteiger partial charge >= 0.3 is 0 Å². The number of rotatable bonds is 2. The van der Waals surface area contributed by atoms with Crippen LogP contribution < -0.4 is 4.74 Å². The fourth-order valence-electron chi connectivity index (χ4n) is 1.88. The van der Waals surface area contributed by atoms with Crippen LogP contribution in [0.3, 0.4) is 0 Å². The van der Waals surface area contributed by atoms with Crippen molar-refractivity contribution in [3.8, 4) is 11.5 Å². The van der Waals surface area contributed by atoms with Gasteiger partial charge in [-0.3, -0.25) is 0 Å². The number of fused-ring (bicyclic) bond motifs is 1. The van der Waals surface area contributed by atoms with Crippen LogP contribution in [0.25, 0.3) is 10.1 Å². The van der Waals surface area contributed by atoms with Crippen molar-refractivity contribution in [2.75, 3.05) is 0 Å². The predicted molar refractivity (Wildman–Crippen MR) is 94.2 cm³/mol. The summed E-state index contributed by atoms with van der Waals surface area (Å²) in [6, 6.07) is 12.6. The molecule has 1 heterocycles. The highest BCUT2D eigenvalue weighted by molar-refractivity contribution is 7.73. The molecule has 0 atom stereocenters. The second-order valence-corrected chi connectivity index (χ2v) is 7.26. The minimum Gasteiger partial charge on any atom is -0.453 e. The van der Waals surface area contributed by atoms with Crippen molar-refractivity contribution >= 4 is 68.4 Å². The van der Waals surface area contributed by atoms with Gasteiger partial charge in [-0.25, -0.2) is 0 Å². The number of hydrogen-bond donors (Lipinski definition) is 0. The molecule has 0 fully saturated rings. The van der Waals surface area contributed by atoms with Gasteiger partial charge in [0.15, 0.2) is 5.75 Å². The second kappa shape index (κ2) is 6.11. The van der Waals surface area contributed by atoms with Crippen molar-refractivity contribution in [1.29, 1.82) is 0 Å². The molecule has 3 rings (SSSR count). The summed E-state index contributed by atoms with van der Waals surface area (Å²) in [7, 11) is 0. The van der Waals surface area contributed by atoms with Crippen LogP contribution >= 0.6 is 58.4 Å². The van der Waals surface area contributed by atoms with Crippen LogP contribution in [0.4, 0.5) is 0 Å². The van der Waals surface area contributed by atoms with E-state index >= 15 is 0 Å². The molecule has 21 heavy (non-hydrogen) atoms. The fraction of sp³-hybridized carbons (Fsp3) is 0. The molecule has 1 nitrogen and oxygen atoms in total. The lowest BCUT2D eigenvalue weighted by molar-refractivity contribution is 0.489. The molecule has 1 aromatic heterocycles. The van der Waals surface area contributed by atoms with Gasteiger partial charge in [0.05, 0.1) is 13.9 Å². The monoisotopic (exact) mass is 372 g/mol. The highest BCUT2D eigenvalue weighted by Gasteiger charge is 2.11. The van der Waals surface area contributed by atoms with Crippen molar-refractivity contribution in [3.63, 3.8) is 0 Å². The highest BCUT2D eigenvalue weighted by Crippen LogP contribution is 2.40. The zero-order valence-corrected chi connectivity index (χ0v) is 14.3. The molecule has 0 amide bonds. The Morgan fingerprint density at radius 3 is 2.38 bits per heavy atom. The third-order valence-corrected chi connectivity index (χ3v) is 4.89. The van der Waals surface area contributed by atoms with Gasteiger partial charge in [0.1, 0.15) is 5.75 Å². The van der Waals surface area contributed by atoms with Crippen LogP contribution in [-0.2, 0) is 0 Å². The fourth-order valence-corrected chi connectivity index (χ4v) is 3.69. The van der Waals surface area contributed by atoms with E-state index in [1.165, 1.54) is 11.3 Å². The van der Waals surface area contributed by atoms with E-state index in [1.54, 1.807) is 24.3 Å². The summed E-state index contributed by atoms with van der Waals surface area (Å²) < 4.78 is 7.61. The van der Waals surface area contributed by atoms with Gasteiger partial charge in [-0.15, -0.1) is 11.3 Å². The summed E-state index contributed by atoms with van der Waals surface area (Å²) in [5.74, 6) is 0.999. The molecule has 0 saturated heterocycles. The maximum absolute atomic E-state index is 6.14. The molecule has 0 radical (unpaired) electrons. The zero-order valence-electron chi connectivity index (χ0n) is 10.4. The zero-order chi connectivity index (χ0) is 15.0. The van der Waals surface area contributed by atoms with E-state index in [2.05, 4.69) is 0 Å². The number of para-hydroxylation sites is 1. The summed E-state index contributed by atoms with van der Waals surface area (Å²) >= 11 is 25.1. The van der Waals surface area contributed by atoms with Gasteiger partial charge in [-0.1, -0.05) is 53.1 Å². The summed E-state index contributed by atoms with van der Waals surface area (Å²) in [6.07, 6.45) is 0. The quantitative estimate of drug-likeness (QED) is 0.433. The van der Waals surface area contributed by atoms with E-state index < -0.39 is 0 Å². The SMILES string of the molecule is S=c1cc(Oc2c(Cl)cccc2Cl)c2cc(Cl)ccc2s1. The maximum atomic E-state index is 6.14. The molecule has 0 unspecified atom stereocenters. The Kier molecular flexibility index (Phi) is 4.38. The molecule has 106 valence electrons. The maximum Gasteiger partial charge on any atom is 0.164 e. The number of halogens is 3. The highest BCUT2D eigenvalue weighted by atomic mass is 35.5. The Morgan fingerprint density at radius 1 is 0.952 bits per heavy atom. The minimum absolute atomic E-state index is 0.410. The lowest BCUT2D eigenvalue weighted by Gasteiger charge is -2.11. The molecule has 0 saturated carbocycles. The molecule has 0 aliphatic heterocycles. The third-order valence-electron chi connectivity index (χ3n) is 2.80. The molecule has 0 bridgehead atoms. The average Bonchev–Trinajstić information content (AvgIpc) is 2.43. The summed E-state index contributed by atoms with van der Waals surface area (Å²) in [4.78, 5) is 0. The average molecular weight is 374 g/mol. The Morgan fingerprint density at radius 2 is 1.67 bits per heavy atom. The van der Waals surface area contributed by atoms with E-state index in [4.69, 9.17) is 51.8 Å². The van der Waals surface area contributed by atoms with Gasteiger partial charge in [0.2, 0.25) is 0 Å². The molecule has 2 aromatic carbocycles. The van der Waals surface area contributed by atoms with Gasteiger partial charge in [0, 0.05) is 21.2 Å². The molecular formula is C15H7Cl3OS2. The van der Waals surface area contributed by atoms with Gasteiger partial charge in [-0.05, 0) is 30.3 Å². The van der Waals surface area contributed by atoms with Gasteiger partial charge in [-0.2, -0.15) is 0 Å². The molecule has 6 heteroatoms. The smallest absolute Gasteiger partial charge is 0.164 e.